The molecule has 9 heteroatoms. The van der Waals surface area contributed by atoms with Crippen molar-refractivity contribution in [2.45, 2.75) is 19.0 Å². The van der Waals surface area contributed by atoms with Crippen LogP contribution in [-0.4, -0.2) is 78.4 Å². The van der Waals surface area contributed by atoms with E-state index in [1.165, 1.54) is 5.56 Å². The second-order valence-electron chi connectivity index (χ2n) is 6.85. The van der Waals surface area contributed by atoms with Crippen LogP contribution in [0.4, 0.5) is 0 Å². The standard InChI is InChI=1S/C19H28N4O2S.2ClH/c24-18(12-17-15-26-11-6-20-17)21-13-19(25)23-9-7-22(8-10-23)14-16-4-2-1-3-5-16;;/h1-5,17,20H,6-15H2,(H,21,24);2*1H. The van der Waals surface area contributed by atoms with Gasteiger partial charge in [0.05, 0.1) is 6.54 Å². The number of halogens is 2. The predicted molar refractivity (Wildman–Crippen MR) is 120 cm³/mol. The van der Waals surface area contributed by atoms with Gasteiger partial charge in [-0.15, -0.1) is 24.8 Å². The van der Waals surface area contributed by atoms with E-state index in [9.17, 15) is 9.59 Å². The van der Waals surface area contributed by atoms with E-state index in [2.05, 4.69) is 39.8 Å². The summed E-state index contributed by atoms with van der Waals surface area (Å²) in [5.41, 5.74) is 1.30. The molecule has 0 bridgehead atoms. The van der Waals surface area contributed by atoms with Crippen LogP contribution in [0.3, 0.4) is 0 Å². The maximum atomic E-state index is 12.3. The van der Waals surface area contributed by atoms with Gasteiger partial charge < -0.3 is 15.5 Å². The quantitative estimate of drug-likeness (QED) is 0.687. The van der Waals surface area contributed by atoms with Gasteiger partial charge in [-0.25, -0.2) is 0 Å². The molecule has 28 heavy (non-hydrogen) atoms. The molecule has 0 aromatic heterocycles. The zero-order chi connectivity index (χ0) is 18.2. The third-order valence-corrected chi connectivity index (χ3v) is 5.97. The molecule has 2 amide bonds. The fraction of sp³-hybridized carbons (Fsp3) is 0.579. The van der Waals surface area contributed by atoms with Gasteiger partial charge in [0.15, 0.2) is 0 Å². The number of amides is 2. The minimum absolute atomic E-state index is 0. The first-order chi connectivity index (χ1) is 12.7. The molecule has 0 spiro atoms. The van der Waals surface area contributed by atoms with Crippen LogP contribution < -0.4 is 10.6 Å². The molecule has 0 aliphatic carbocycles. The molecule has 158 valence electrons. The average molecular weight is 449 g/mol. The molecular formula is C19H30Cl2N4O2S. The number of rotatable bonds is 6. The molecule has 2 saturated heterocycles. The maximum Gasteiger partial charge on any atom is 0.242 e. The van der Waals surface area contributed by atoms with Gasteiger partial charge in [0.2, 0.25) is 11.8 Å². The van der Waals surface area contributed by atoms with Crippen molar-refractivity contribution >= 4 is 48.4 Å². The van der Waals surface area contributed by atoms with Crippen molar-refractivity contribution in [2.75, 3.05) is 50.8 Å². The highest BCUT2D eigenvalue weighted by atomic mass is 35.5. The lowest BCUT2D eigenvalue weighted by atomic mass is 10.2. The van der Waals surface area contributed by atoms with Crippen LogP contribution in [0.5, 0.6) is 0 Å². The van der Waals surface area contributed by atoms with Gasteiger partial charge in [0, 0.05) is 63.2 Å². The van der Waals surface area contributed by atoms with Crippen molar-refractivity contribution in [2.24, 2.45) is 0 Å². The fourth-order valence-electron chi connectivity index (χ4n) is 3.33. The first-order valence-electron chi connectivity index (χ1n) is 9.32. The van der Waals surface area contributed by atoms with Crippen molar-refractivity contribution in [3.05, 3.63) is 35.9 Å². The normalized spacial score (nSPS) is 19.9. The summed E-state index contributed by atoms with van der Waals surface area (Å²) < 4.78 is 0. The summed E-state index contributed by atoms with van der Waals surface area (Å²) in [6.45, 7) is 5.18. The molecule has 0 radical (unpaired) electrons. The lowest BCUT2D eigenvalue weighted by Crippen LogP contribution is -2.51. The predicted octanol–water partition coefficient (Wildman–Crippen LogP) is 1.39. The van der Waals surface area contributed by atoms with E-state index in [-0.39, 0.29) is 49.2 Å². The Balaban J connectivity index is 0.00000196. The molecule has 2 fully saturated rings. The van der Waals surface area contributed by atoms with Gasteiger partial charge in [0.1, 0.15) is 0 Å². The molecule has 1 atom stereocenters. The van der Waals surface area contributed by atoms with Gasteiger partial charge in [-0.2, -0.15) is 11.8 Å². The summed E-state index contributed by atoms with van der Waals surface area (Å²) in [4.78, 5) is 28.6. The Morgan fingerprint density at radius 3 is 2.46 bits per heavy atom. The number of carbonyl (C=O) groups is 2. The monoisotopic (exact) mass is 448 g/mol. The number of hydrogen-bond donors (Lipinski definition) is 2. The molecule has 1 aromatic carbocycles. The molecule has 1 aromatic rings. The Morgan fingerprint density at radius 2 is 1.82 bits per heavy atom. The van der Waals surface area contributed by atoms with Crippen molar-refractivity contribution < 1.29 is 9.59 Å². The highest BCUT2D eigenvalue weighted by molar-refractivity contribution is 7.99. The number of benzene rings is 1. The molecular weight excluding hydrogens is 419 g/mol. The highest BCUT2D eigenvalue weighted by Gasteiger charge is 2.22. The van der Waals surface area contributed by atoms with Gasteiger partial charge in [0.25, 0.3) is 0 Å². The lowest BCUT2D eigenvalue weighted by Gasteiger charge is -2.34. The summed E-state index contributed by atoms with van der Waals surface area (Å²) in [7, 11) is 0. The molecule has 2 aliphatic rings. The van der Waals surface area contributed by atoms with Crippen molar-refractivity contribution in [1.29, 1.82) is 0 Å². The number of piperazine rings is 1. The van der Waals surface area contributed by atoms with Gasteiger partial charge in [-0.05, 0) is 5.56 Å². The van der Waals surface area contributed by atoms with E-state index in [1.807, 2.05) is 22.7 Å². The van der Waals surface area contributed by atoms with E-state index in [4.69, 9.17) is 0 Å². The largest absolute Gasteiger partial charge is 0.347 e. The molecule has 1 unspecified atom stereocenters. The first kappa shape index (κ1) is 25.0. The zero-order valence-corrected chi connectivity index (χ0v) is 18.4. The molecule has 3 rings (SSSR count). The number of carbonyl (C=O) groups excluding carboxylic acids is 2. The Hall–Kier alpha value is -0.990. The van der Waals surface area contributed by atoms with Crippen LogP contribution in [0.2, 0.25) is 0 Å². The molecule has 0 saturated carbocycles. The van der Waals surface area contributed by atoms with Crippen LogP contribution in [0, 0.1) is 0 Å². The van der Waals surface area contributed by atoms with Crippen LogP contribution >= 0.6 is 36.6 Å². The van der Waals surface area contributed by atoms with Crippen molar-refractivity contribution in [1.82, 2.24) is 20.4 Å². The summed E-state index contributed by atoms with van der Waals surface area (Å²) in [5, 5.41) is 6.13. The summed E-state index contributed by atoms with van der Waals surface area (Å²) >= 11 is 1.87. The van der Waals surface area contributed by atoms with Crippen LogP contribution in [0.1, 0.15) is 12.0 Å². The third-order valence-electron chi connectivity index (χ3n) is 4.84. The van der Waals surface area contributed by atoms with E-state index in [1.54, 1.807) is 0 Å². The highest BCUT2D eigenvalue weighted by Crippen LogP contribution is 2.10. The van der Waals surface area contributed by atoms with Crippen LogP contribution in [-0.2, 0) is 16.1 Å². The van der Waals surface area contributed by atoms with E-state index in [0.717, 1.165) is 50.8 Å². The second-order valence-corrected chi connectivity index (χ2v) is 8.00. The second kappa shape index (κ2) is 13.3. The van der Waals surface area contributed by atoms with E-state index in [0.29, 0.717) is 6.42 Å². The third kappa shape index (κ3) is 8.17. The number of nitrogens with zero attached hydrogens (tertiary/aromatic N) is 2. The number of thioether (sulfide) groups is 1. The Bertz CT molecular complexity index is 595. The number of nitrogens with one attached hydrogen (secondary N) is 2. The first-order valence-corrected chi connectivity index (χ1v) is 10.5. The topological polar surface area (TPSA) is 64.7 Å². The Labute approximate surface area is 184 Å². The summed E-state index contributed by atoms with van der Waals surface area (Å²) in [6.07, 6.45) is 0.450. The Morgan fingerprint density at radius 1 is 1.11 bits per heavy atom. The number of hydrogen-bond acceptors (Lipinski definition) is 5. The zero-order valence-electron chi connectivity index (χ0n) is 16.0. The maximum absolute atomic E-state index is 12.3. The smallest absolute Gasteiger partial charge is 0.242 e. The van der Waals surface area contributed by atoms with Gasteiger partial charge in [-0.1, -0.05) is 30.3 Å². The van der Waals surface area contributed by atoms with Gasteiger partial charge >= 0.3 is 0 Å². The summed E-state index contributed by atoms with van der Waals surface area (Å²) in [5.74, 6) is 2.04. The van der Waals surface area contributed by atoms with Crippen LogP contribution in [0.15, 0.2) is 30.3 Å². The molecule has 2 aliphatic heterocycles. The minimum Gasteiger partial charge on any atom is -0.347 e. The molecule has 2 heterocycles. The summed E-state index contributed by atoms with van der Waals surface area (Å²) in [6, 6.07) is 10.6. The fourth-order valence-corrected chi connectivity index (χ4v) is 4.28. The minimum atomic E-state index is -0.0407. The molecule has 2 N–H and O–H groups in total. The van der Waals surface area contributed by atoms with E-state index >= 15 is 0 Å². The van der Waals surface area contributed by atoms with Crippen LogP contribution in [0.25, 0.3) is 0 Å². The Kier molecular flexibility index (Phi) is 11.9. The van der Waals surface area contributed by atoms with Gasteiger partial charge in [-0.3, -0.25) is 14.5 Å². The lowest BCUT2D eigenvalue weighted by molar-refractivity contribution is -0.134. The van der Waals surface area contributed by atoms with Crippen molar-refractivity contribution in [3.8, 4) is 0 Å². The SMILES string of the molecule is Cl.Cl.O=C(CC1CSCCN1)NCC(=O)N1CCN(Cc2ccccc2)CC1. The molecule has 6 nitrogen and oxygen atoms in total. The van der Waals surface area contributed by atoms with Crippen molar-refractivity contribution in [3.63, 3.8) is 0 Å². The average Bonchev–Trinajstić information content (AvgIpc) is 2.68. The van der Waals surface area contributed by atoms with E-state index < -0.39 is 0 Å².